The van der Waals surface area contributed by atoms with Crippen LogP contribution in [0.25, 0.3) is 0 Å². The van der Waals surface area contributed by atoms with E-state index in [1.165, 1.54) is 7.05 Å². The molecule has 10 heteroatoms. The molecular formula is C21H39N3O7. The molecule has 3 atom stereocenters. The van der Waals surface area contributed by atoms with Gasteiger partial charge in [0, 0.05) is 13.0 Å². The number of nitrogens with one attached hydrogen (secondary N) is 2. The Kier molecular flexibility index (Phi) is 13.7. The van der Waals surface area contributed by atoms with Crippen molar-refractivity contribution >= 4 is 23.8 Å². The normalized spacial score (nSPS) is 14.9. The smallest absolute Gasteiger partial charge is 0.341 e. The summed E-state index contributed by atoms with van der Waals surface area (Å²) in [7, 11) is 1.35. The highest BCUT2D eigenvalue weighted by Crippen LogP contribution is 2.27. The third kappa shape index (κ3) is 9.65. The fraction of sp³-hybridized carbons (Fsp3) is 0.810. The molecule has 0 rings (SSSR count). The molecule has 0 aliphatic carbocycles. The summed E-state index contributed by atoms with van der Waals surface area (Å²) in [6, 6.07) is -1.49. The number of carbonyl (C=O) groups excluding carboxylic acids is 3. The molecule has 31 heavy (non-hydrogen) atoms. The number of unbranched alkanes of at least 4 members (excludes halogenated alkanes) is 1. The van der Waals surface area contributed by atoms with Gasteiger partial charge in [-0.3, -0.25) is 9.59 Å². The molecule has 0 radical (unpaired) electrons. The van der Waals surface area contributed by atoms with Crippen molar-refractivity contribution in [2.24, 2.45) is 17.6 Å². The third-order valence-corrected chi connectivity index (χ3v) is 4.82. The van der Waals surface area contributed by atoms with Gasteiger partial charge in [-0.2, -0.15) is 0 Å². The van der Waals surface area contributed by atoms with Crippen molar-refractivity contribution in [3.63, 3.8) is 0 Å². The van der Waals surface area contributed by atoms with Crippen molar-refractivity contribution in [3.8, 4) is 0 Å². The van der Waals surface area contributed by atoms with Crippen LogP contribution in [-0.4, -0.2) is 67.3 Å². The molecule has 0 aromatic rings. The Bertz CT molecular complexity index is 598. The van der Waals surface area contributed by atoms with Gasteiger partial charge in [-0.1, -0.05) is 34.1 Å². The molecule has 0 saturated carbocycles. The number of carboxylic acid groups (broad SMARTS) is 1. The molecule has 0 aliphatic rings. The summed E-state index contributed by atoms with van der Waals surface area (Å²) >= 11 is 0. The average Bonchev–Trinajstić information content (AvgIpc) is 2.71. The third-order valence-electron chi connectivity index (χ3n) is 4.82. The molecule has 0 spiro atoms. The molecule has 2 unspecified atom stereocenters. The Hall–Kier alpha value is -2.20. The van der Waals surface area contributed by atoms with Crippen LogP contribution in [0.4, 0.5) is 0 Å². The number of carboxylic acids is 1. The minimum absolute atomic E-state index is 0.0777. The predicted molar refractivity (Wildman–Crippen MR) is 115 cm³/mol. The van der Waals surface area contributed by atoms with E-state index in [2.05, 4.69) is 10.6 Å². The monoisotopic (exact) mass is 445 g/mol. The van der Waals surface area contributed by atoms with Crippen molar-refractivity contribution in [1.29, 1.82) is 0 Å². The number of nitrogens with two attached hydrogens (primary N) is 1. The number of esters is 1. The summed E-state index contributed by atoms with van der Waals surface area (Å²) in [5, 5.41) is 14.2. The first-order chi connectivity index (χ1) is 14.5. The number of hydrogen-bond acceptors (Lipinski definition) is 7. The largest absolute Gasteiger partial charge is 0.480 e. The summed E-state index contributed by atoms with van der Waals surface area (Å²) in [5.74, 6) is -3.56. The quantitative estimate of drug-likeness (QED) is 0.201. The first kappa shape index (κ1) is 28.8. The summed E-state index contributed by atoms with van der Waals surface area (Å²) < 4.78 is 10.9. The fourth-order valence-electron chi connectivity index (χ4n) is 3.20. The summed E-state index contributed by atoms with van der Waals surface area (Å²) in [4.78, 5) is 50.0. The number of carbonyl (C=O) groups is 4. The van der Waals surface area contributed by atoms with Gasteiger partial charge < -0.3 is 30.9 Å². The number of amides is 2. The fourth-order valence-corrected chi connectivity index (χ4v) is 3.20. The average molecular weight is 446 g/mol. The van der Waals surface area contributed by atoms with Crippen molar-refractivity contribution < 1.29 is 33.8 Å². The molecule has 180 valence electrons. The second kappa shape index (κ2) is 14.7. The predicted octanol–water partition coefficient (Wildman–Crippen LogP) is 0.822. The SMILES string of the molecule is CCCCOC(=O)C(CCCN)(OCC(=O)O)[C@@H](NC(=O)C(C)CC(C)C)C(=O)NC. The number of ether oxygens (including phenoxy) is 2. The van der Waals surface area contributed by atoms with Crippen LogP contribution in [-0.2, 0) is 28.7 Å². The number of rotatable bonds is 16. The second-order valence-electron chi connectivity index (χ2n) is 8.04. The van der Waals surface area contributed by atoms with Gasteiger partial charge in [-0.25, -0.2) is 9.59 Å². The Labute approximate surface area is 184 Å². The first-order valence-electron chi connectivity index (χ1n) is 10.8. The molecule has 0 aromatic heterocycles. The van der Waals surface area contributed by atoms with E-state index in [0.717, 1.165) is 6.42 Å². The highest BCUT2D eigenvalue weighted by molar-refractivity contribution is 5.96. The zero-order valence-electron chi connectivity index (χ0n) is 19.4. The lowest BCUT2D eigenvalue weighted by molar-refractivity contribution is -0.185. The number of likely N-dealkylation sites (N-methyl/N-ethyl adjacent to an activating group) is 1. The zero-order valence-corrected chi connectivity index (χ0v) is 19.4. The van der Waals surface area contributed by atoms with E-state index in [-0.39, 0.29) is 31.9 Å². The van der Waals surface area contributed by atoms with Gasteiger partial charge in [-0.15, -0.1) is 0 Å². The Morgan fingerprint density at radius 1 is 1.10 bits per heavy atom. The molecule has 0 aromatic carbocycles. The molecule has 0 heterocycles. The Morgan fingerprint density at radius 2 is 1.74 bits per heavy atom. The van der Waals surface area contributed by atoms with Crippen molar-refractivity contribution in [2.75, 3.05) is 26.8 Å². The highest BCUT2D eigenvalue weighted by Gasteiger charge is 2.52. The van der Waals surface area contributed by atoms with E-state index >= 15 is 0 Å². The van der Waals surface area contributed by atoms with Crippen LogP contribution < -0.4 is 16.4 Å². The van der Waals surface area contributed by atoms with Crippen LogP contribution >= 0.6 is 0 Å². The first-order valence-corrected chi connectivity index (χ1v) is 10.8. The van der Waals surface area contributed by atoms with Gasteiger partial charge in [0.1, 0.15) is 12.6 Å². The summed E-state index contributed by atoms with van der Waals surface area (Å²) in [6.07, 6.45) is 2.06. The molecule has 2 amide bonds. The van der Waals surface area contributed by atoms with E-state index in [4.69, 9.17) is 20.3 Å². The lowest BCUT2D eigenvalue weighted by Gasteiger charge is -2.37. The minimum Gasteiger partial charge on any atom is -0.480 e. The second-order valence-corrected chi connectivity index (χ2v) is 8.04. The van der Waals surface area contributed by atoms with Gasteiger partial charge in [0.15, 0.2) is 5.60 Å². The van der Waals surface area contributed by atoms with Crippen LogP contribution in [0.3, 0.4) is 0 Å². The maximum Gasteiger partial charge on any atom is 0.341 e. The molecule has 0 bridgehead atoms. The maximum absolute atomic E-state index is 13.1. The van der Waals surface area contributed by atoms with Crippen LogP contribution in [0.2, 0.25) is 0 Å². The maximum atomic E-state index is 13.1. The van der Waals surface area contributed by atoms with Crippen LogP contribution in [0, 0.1) is 11.8 Å². The van der Waals surface area contributed by atoms with Gasteiger partial charge in [0.2, 0.25) is 11.8 Å². The molecule has 0 saturated heterocycles. The molecule has 10 nitrogen and oxygen atoms in total. The van der Waals surface area contributed by atoms with Gasteiger partial charge >= 0.3 is 11.9 Å². The van der Waals surface area contributed by atoms with Crippen LogP contribution in [0.15, 0.2) is 0 Å². The lowest BCUT2D eigenvalue weighted by Crippen LogP contribution is -2.65. The zero-order chi connectivity index (χ0) is 24.0. The molecule has 0 aliphatic heterocycles. The molecule has 0 fully saturated rings. The van der Waals surface area contributed by atoms with Crippen molar-refractivity contribution in [1.82, 2.24) is 10.6 Å². The Morgan fingerprint density at radius 3 is 2.23 bits per heavy atom. The number of hydrogen-bond donors (Lipinski definition) is 4. The van der Waals surface area contributed by atoms with E-state index < -0.39 is 47.9 Å². The van der Waals surface area contributed by atoms with Crippen molar-refractivity contribution in [3.05, 3.63) is 0 Å². The van der Waals surface area contributed by atoms with Gasteiger partial charge in [0.05, 0.1) is 6.61 Å². The van der Waals surface area contributed by atoms with E-state index in [0.29, 0.717) is 12.8 Å². The van der Waals surface area contributed by atoms with E-state index in [1.807, 2.05) is 20.8 Å². The Balaban J connectivity index is 6.18. The number of aliphatic carboxylic acids is 1. The van der Waals surface area contributed by atoms with Crippen LogP contribution in [0.5, 0.6) is 0 Å². The van der Waals surface area contributed by atoms with Gasteiger partial charge in [-0.05, 0) is 38.1 Å². The minimum atomic E-state index is -2.03. The lowest BCUT2D eigenvalue weighted by atomic mass is 9.86. The summed E-state index contributed by atoms with van der Waals surface area (Å²) in [6.45, 7) is 6.96. The van der Waals surface area contributed by atoms with Gasteiger partial charge in [0.25, 0.3) is 0 Å². The van der Waals surface area contributed by atoms with Crippen molar-refractivity contribution in [2.45, 2.75) is 71.4 Å². The van der Waals surface area contributed by atoms with E-state index in [1.54, 1.807) is 6.92 Å². The molecular weight excluding hydrogens is 406 g/mol. The highest BCUT2D eigenvalue weighted by atomic mass is 16.6. The standard InChI is InChI=1S/C21H39N3O7/c1-6-7-11-30-20(29)21(9-8-10-22,31-13-16(25)26)17(19(28)23-5)24-18(27)15(4)12-14(2)3/h14-15,17H,6-13,22H2,1-5H3,(H,23,28)(H,24,27)(H,25,26)/t15?,17-,21?/m0/s1. The topological polar surface area (TPSA) is 157 Å². The van der Waals surface area contributed by atoms with E-state index in [9.17, 15) is 19.2 Å². The summed E-state index contributed by atoms with van der Waals surface area (Å²) in [5.41, 5.74) is 3.59. The van der Waals surface area contributed by atoms with Crippen LogP contribution in [0.1, 0.15) is 59.8 Å². The molecule has 5 N–H and O–H groups in total.